The van der Waals surface area contributed by atoms with E-state index in [1.165, 1.54) is 44.9 Å². The molecule has 0 saturated carbocycles. The molecule has 0 unspecified atom stereocenters. The van der Waals surface area contributed by atoms with Crippen molar-refractivity contribution in [1.29, 1.82) is 0 Å². The number of benzene rings is 1. The van der Waals surface area contributed by atoms with Gasteiger partial charge in [-0.2, -0.15) is 0 Å². The highest BCUT2D eigenvalue weighted by Crippen LogP contribution is 2.21. The van der Waals surface area contributed by atoms with Gasteiger partial charge in [-0.1, -0.05) is 94.0 Å². The van der Waals surface area contributed by atoms with Crippen LogP contribution >= 0.6 is 0 Å². The molecule has 0 fully saturated rings. The van der Waals surface area contributed by atoms with Crippen molar-refractivity contribution in [1.82, 2.24) is 0 Å². The van der Waals surface area contributed by atoms with E-state index in [2.05, 4.69) is 19.1 Å². The van der Waals surface area contributed by atoms with Crippen LogP contribution in [0.15, 0.2) is 48.6 Å². The molecule has 0 bridgehead atoms. The maximum absolute atomic E-state index is 11.2. The third kappa shape index (κ3) is 9.09. The Kier molecular flexibility index (Phi) is 12.0. The minimum absolute atomic E-state index is 0.587. The molecule has 0 N–H and O–H groups in total. The lowest BCUT2D eigenvalue weighted by Crippen LogP contribution is -1.92. The van der Waals surface area contributed by atoms with E-state index in [0.717, 1.165) is 18.3 Å². The summed E-state index contributed by atoms with van der Waals surface area (Å²) in [4.78, 5) is 11.2. The van der Waals surface area contributed by atoms with E-state index < -0.39 is 0 Å². The third-order valence-corrected chi connectivity index (χ3v) is 4.16. The molecule has 0 heterocycles. The second-order valence-corrected chi connectivity index (χ2v) is 6.16. The van der Waals surface area contributed by atoms with E-state index in [0.29, 0.717) is 11.3 Å². The Morgan fingerprint density at radius 2 is 1.64 bits per heavy atom. The number of carbonyl (C=O) groups is 1. The van der Waals surface area contributed by atoms with Crippen molar-refractivity contribution in [2.75, 3.05) is 7.11 Å². The largest absolute Gasteiger partial charge is 0.496 e. The van der Waals surface area contributed by atoms with E-state index in [4.69, 9.17) is 4.74 Å². The predicted octanol–water partition coefficient (Wildman–Crippen LogP) is 6.77. The highest BCUT2D eigenvalue weighted by molar-refractivity contribution is 5.85. The minimum atomic E-state index is 0.587. The lowest BCUT2D eigenvalue weighted by molar-refractivity contribution is 0.112. The number of aldehydes is 1. The zero-order valence-corrected chi connectivity index (χ0v) is 15.7. The lowest BCUT2D eigenvalue weighted by atomic mass is 10.1. The van der Waals surface area contributed by atoms with Crippen LogP contribution in [0.5, 0.6) is 5.75 Å². The van der Waals surface area contributed by atoms with Gasteiger partial charge in [0.15, 0.2) is 6.29 Å². The summed E-state index contributed by atoms with van der Waals surface area (Å²) in [5, 5.41) is 0. The molecule has 2 heteroatoms. The van der Waals surface area contributed by atoms with Crippen LogP contribution in [0.25, 0.3) is 6.08 Å². The summed E-state index contributed by atoms with van der Waals surface area (Å²) in [5.41, 5.74) is 1.45. The molecule has 136 valence electrons. The van der Waals surface area contributed by atoms with Crippen molar-refractivity contribution < 1.29 is 9.53 Å². The fourth-order valence-corrected chi connectivity index (χ4v) is 2.69. The lowest BCUT2D eigenvalue weighted by Gasteiger charge is -2.05. The van der Waals surface area contributed by atoms with Gasteiger partial charge in [0.1, 0.15) is 5.75 Å². The normalized spacial score (nSPS) is 11.8. The Bertz CT molecular complexity index is 567. The Labute approximate surface area is 153 Å². The van der Waals surface area contributed by atoms with Gasteiger partial charge in [-0.25, -0.2) is 0 Å². The molecule has 0 amide bonds. The van der Waals surface area contributed by atoms with Crippen LogP contribution in [-0.2, 0) is 0 Å². The molecule has 0 saturated heterocycles. The van der Waals surface area contributed by atoms with E-state index in [1.807, 2.05) is 36.4 Å². The van der Waals surface area contributed by atoms with Crippen molar-refractivity contribution in [3.8, 4) is 5.75 Å². The Hall–Kier alpha value is -2.09. The summed E-state index contributed by atoms with van der Waals surface area (Å²) in [6, 6.07) is 5.59. The molecule has 2 nitrogen and oxygen atoms in total. The number of allylic oxidation sites excluding steroid dienone is 5. The van der Waals surface area contributed by atoms with Gasteiger partial charge in [-0.05, 0) is 24.5 Å². The molecular weight excluding hydrogens is 308 g/mol. The van der Waals surface area contributed by atoms with E-state index in [9.17, 15) is 4.79 Å². The second kappa shape index (κ2) is 14.3. The number of methoxy groups -OCH3 is 1. The molecule has 0 aliphatic heterocycles. The van der Waals surface area contributed by atoms with Crippen LogP contribution in [0.3, 0.4) is 0 Å². The minimum Gasteiger partial charge on any atom is -0.496 e. The fourth-order valence-electron chi connectivity index (χ4n) is 2.69. The summed E-state index contributed by atoms with van der Waals surface area (Å²) in [7, 11) is 1.58. The summed E-state index contributed by atoms with van der Waals surface area (Å²) in [5.74, 6) is 0.607. The molecule has 0 aliphatic carbocycles. The number of hydrogen-bond donors (Lipinski definition) is 0. The predicted molar refractivity (Wildman–Crippen MR) is 108 cm³/mol. The van der Waals surface area contributed by atoms with Crippen LogP contribution in [0.2, 0.25) is 0 Å². The second-order valence-electron chi connectivity index (χ2n) is 6.16. The maximum atomic E-state index is 11.2. The van der Waals surface area contributed by atoms with Gasteiger partial charge < -0.3 is 4.74 Å². The first-order chi connectivity index (χ1) is 12.3. The van der Waals surface area contributed by atoms with Crippen molar-refractivity contribution >= 4 is 12.4 Å². The molecule has 0 radical (unpaired) electrons. The number of unbranched alkanes of at least 4 members (excludes halogenated alkanes) is 7. The van der Waals surface area contributed by atoms with Crippen LogP contribution in [0.4, 0.5) is 0 Å². The SMILES string of the molecule is CCCCCCCCCC=CC=CC=Cc1cccc(OC)c1C=O. The average molecular weight is 341 g/mol. The van der Waals surface area contributed by atoms with Crippen LogP contribution < -0.4 is 4.74 Å². The molecule has 0 spiro atoms. The molecule has 0 aliphatic rings. The van der Waals surface area contributed by atoms with Crippen molar-refractivity contribution in [3.63, 3.8) is 0 Å². The summed E-state index contributed by atoms with van der Waals surface area (Å²) < 4.78 is 5.20. The first-order valence-electron chi connectivity index (χ1n) is 9.45. The average Bonchev–Trinajstić information content (AvgIpc) is 2.65. The maximum Gasteiger partial charge on any atom is 0.154 e. The van der Waals surface area contributed by atoms with Gasteiger partial charge in [0.05, 0.1) is 12.7 Å². The summed E-state index contributed by atoms with van der Waals surface area (Å²) >= 11 is 0. The molecule has 0 aromatic heterocycles. The quantitative estimate of drug-likeness (QED) is 0.225. The molecule has 1 aromatic rings. The van der Waals surface area contributed by atoms with E-state index >= 15 is 0 Å². The molecular formula is C23H32O2. The molecule has 1 aromatic carbocycles. The van der Waals surface area contributed by atoms with Gasteiger partial charge in [0.25, 0.3) is 0 Å². The Balaban J connectivity index is 2.27. The monoisotopic (exact) mass is 340 g/mol. The molecule has 1 rings (SSSR count). The van der Waals surface area contributed by atoms with Gasteiger partial charge in [0.2, 0.25) is 0 Å². The van der Waals surface area contributed by atoms with Crippen LogP contribution in [0, 0.1) is 0 Å². The molecule has 25 heavy (non-hydrogen) atoms. The Morgan fingerprint density at radius 3 is 2.36 bits per heavy atom. The summed E-state index contributed by atoms with van der Waals surface area (Å²) in [6.07, 6.45) is 23.6. The first-order valence-corrected chi connectivity index (χ1v) is 9.45. The highest BCUT2D eigenvalue weighted by Gasteiger charge is 2.04. The van der Waals surface area contributed by atoms with Gasteiger partial charge in [-0.15, -0.1) is 0 Å². The first kappa shape index (κ1) is 21.0. The van der Waals surface area contributed by atoms with E-state index in [-0.39, 0.29) is 0 Å². The van der Waals surface area contributed by atoms with Crippen molar-refractivity contribution in [2.24, 2.45) is 0 Å². The highest BCUT2D eigenvalue weighted by atomic mass is 16.5. The van der Waals surface area contributed by atoms with Crippen molar-refractivity contribution in [2.45, 2.75) is 58.3 Å². The third-order valence-electron chi connectivity index (χ3n) is 4.16. The van der Waals surface area contributed by atoms with Crippen LogP contribution in [-0.4, -0.2) is 13.4 Å². The zero-order valence-electron chi connectivity index (χ0n) is 15.7. The standard InChI is InChI=1S/C23H32O2/c1-3-4-5-6-7-8-9-10-11-12-13-14-15-17-21-18-16-19-23(25-2)22(21)20-24/h11-20H,3-10H2,1-2H3. The summed E-state index contributed by atoms with van der Waals surface area (Å²) in [6.45, 7) is 2.26. The smallest absolute Gasteiger partial charge is 0.154 e. The van der Waals surface area contributed by atoms with Gasteiger partial charge >= 0.3 is 0 Å². The van der Waals surface area contributed by atoms with Crippen LogP contribution in [0.1, 0.15) is 74.2 Å². The van der Waals surface area contributed by atoms with Crippen molar-refractivity contribution in [3.05, 3.63) is 59.7 Å². The topological polar surface area (TPSA) is 26.3 Å². The van der Waals surface area contributed by atoms with E-state index in [1.54, 1.807) is 13.2 Å². The number of hydrogen-bond acceptors (Lipinski definition) is 2. The number of rotatable bonds is 13. The Morgan fingerprint density at radius 1 is 0.920 bits per heavy atom. The zero-order chi connectivity index (χ0) is 18.2. The molecule has 0 atom stereocenters. The fraction of sp³-hybridized carbons (Fsp3) is 0.435. The number of carbonyl (C=O) groups excluding carboxylic acids is 1. The van der Waals surface area contributed by atoms with Gasteiger partial charge in [0, 0.05) is 0 Å². The number of ether oxygens (including phenoxy) is 1. The van der Waals surface area contributed by atoms with Gasteiger partial charge in [-0.3, -0.25) is 4.79 Å².